The molecule has 2 amide bonds. The summed E-state index contributed by atoms with van der Waals surface area (Å²) in [6, 6.07) is 1.32. The summed E-state index contributed by atoms with van der Waals surface area (Å²) in [5, 5.41) is 4.12. The number of aromatic nitrogens is 2. The zero-order valence-electron chi connectivity index (χ0n) is 18.6. The highest BCUT2D eigenvalue weighted by Gasteiger charge is 2.49. The Morgan fingerprint density at radius 3 is 2.24 bits per heavy atom. The largest absolute Gasteiger partial charge is 0.410 e. The summed E-state index contributed by atoms with van der Waals surface area (Å²) in [7, 11) is 0. The van der Waals surface area contributed by atoms with Gasteiger partial charge in [0.15, 0.2) is 0 Å². The number of pyridine rings is 1. The topological polar surface area (TPSA) is 93.1 Å². The maximum Gasteiger partial charge on any atom is 0.410 e. The Kier molecular flexibility index (Phi) is 7.30. The molecule has 33 heavy (non-hydrogen) atoms. The molecule has 0 saturated heterocycles. The molecule has 0 spiro atoms. The summed E-state index contributed by atoms with van der Waals surface area (Å²) in [5.41, 5.74) is -2.76. The van der Waals surface area contributed by atoms with Crippen molar-refractivity contribution in [1.29, 1.82) is 0 Å². The summed E-state index contributed by atoms with van der Waals surface area (Å²) in [6.07, 6.45) is -3.76. The van der Waals surface area contributed by atoms with Crippen LogP contribution >= 0.6 is 0 Å². The SMILES string of the molecule is Cc1cc(NC(=O)c2c(C)c(C(=O)C(=O)NC(C)(C)C(F)(F)F)n(CCF)c2C)cnc1F. The standard InChI is InChI=1S/C21H23F5N4O3/c1-10-8-13(9-27-17(10)23)28-18(32)14-11(2)15(30(7-6-22)12(14)3)16(31)19(33)29-20(4,5)21(24,25)26/h8-9H,6-7H2,1-5H3,(H,28,32)(H,29,33). The monoisotopic (exact) mass is 474 g/mol. The van der Waals surface area contributed by atoms with Gasteiger partial charge in [0.2, 0.25) is 5.95 Å². The third kappa shape index (κ3) is 5.20. The lowest BCUT2D eigenvalue weighted by atomic mass is 10.0. The Balaban J connectivity index is 2.46. The number of rotatable bonds is 7. The second-order valence-electron chi connectivity index (χ2n) is 7.97. The fourth-order valence-electron chi connectivity index (χ4n) is 3.23. The van der Waals surface area contributed by atoms with Gasteiger partial charge in [0, 0.05) is 11.3 Å². The molecule has 0 fully saturated rings. The first-order valence-corrected chi connectivity index (χ1v) is 9.75. The first kappa shape index (κ1) is 25.9. The lowest BCUT2D eigenvalue weighted by Gasteiger charge is -2.28. The van der Waals surface area contributed by atoms with Crippen LogP contribution in [0.2, 0.25) is 0 Å². The molecule has 0 atom stereocenters. The van der Waals surface area contributed by atoms with Crippen LogP contribution in [0.5, 0.6) is 0 Å². The zero-order chi connectivity index (χ0) is 25.3. The highest BCUT2D eigenvalue weighted by molar-refractivity contribution is 6.43. The average molecular weight is 474 g/mol. The van der Waals surface area contributed by atoms with Crippen LogP contribution in [0.15, 0.2) is 12.3 Å². The third-order valence-electron chi connectivity index (χ3n) is 5.13. The van der Waals surface area contributed by atoms with E-state index in [1.165, 1.54) is 26.8 Å². The number of carbonyl (C=O) groups is 3. The molecule has 0 saturated carbocycles. The van der Waals surface area contributed by atoms with Crippen molar-refractivity contribution >= 4 is 23.3 Å². The molecule has 2 aromatic heterocycles. The van der Waals surface area contributed by atoms with Crippen molar-refractivity contribution in [2.45, 2.75) is 52.9 Å². The van der Waals surface area contributed by atoms with Gasteiger partial charge < -0.3 is 15.2 Å². The molecule has 12 heteroatoms. The number of amides is 2. The van der Waals surface area contributed by atoms with E-state index in [2.05, 4.69) is 10.3 Å². The van der Waals surface area contributed by atoms with Gasteiger partial charge >= 0.3 is 6.18 Å². The van der Waals surface area contributed by atoms with Crippen LogP contribution in [0.25, 0.3) is 0 Å². The van der Waals surface area contributed by atoms with E-state index in [0.717, 1.165) is 10.8 Å². The van der Waals surface area contributed by atoms with Crippen LogP contribution in [0.3, 0.4) is 0 Å². The highest BCUT2D eigenvalue weighted by atomic mass is 19.4. The number of anilines is 1. The van der Waals surface area contributed by atoms with Gasteiger partial charge in [-0.25, -0.2) is 9.37 Å². The van der Waals surface area contributed by atoms with Crippen LogP contribution < -0.4 is 10.6 Å². The molecule has 0 radical (unpaired) electrons. The van der Waals surface area contributed by atoms with Crippen molar-refractivity contribution in [3.05, 3.63) is 46.3 Å². The van der Waals surface area contributed by atoms with Crippen LogP contribution in [-0.2, 0) is 11.3 Å². The van der Waals surface area contributed by atoms with Gasteiger partial charge in [0.05, 0.1) is 29.7 Å². The molecular formula is C21H23F5N4O3. The number of nitrogens with zero attached hydrogens (tertiary/aromatic N) is 2. The van der Waals surface area contributed by atoms with E-state index in [0.29, 0.717) is 13.8 Å². The second-order valence-corrected chi connectivity index (χ2v) is 7.97. The molecule has 0 aliphatic heterocycles. The summed E-state index contributed by atoms with van der Waals surface area (Å²) < 4.78 is 67.0. The van der Waals surface area contributed by atoms with Gasteiger partial charge in [-0.2, -0.15) is 17.6 Å². The molecule has 2 aromatic rings. The minimum Gasteiger partial charge on any atom is -0.338 e. The van der Waals surface area contributed by atoms with E-state index >= 15 is 0 Å². The number of hydrogen-bond acceptors (Lipinski definition) is 4. The molecule has 7 nitrogen and oxygen atoms in total. The number of ketones is 1. The van der Waals surface area contributed by atoms with E-state index in [4.69, 9.17) is 0 Å². The molecule has 0 bridgehead atoms. The van der Waals surface area contributed by atoms with Crippen molar-refractivity contribution in [2.24, 2.45) is 0 Å². The number of hydrogen-bond donors (Lipinski definition) is 2. The normalized spacial score (nSPS) is 11.9. The van der Waals surface area contributed by atoms with E-state index in [-0.39, 0.29) is 28.1 Å². The number of Topliss-reactive ketones (excluding diaryl/α,β-unsaturated/α-hetero) is 1. The van der Waals surface area contributed by atoms with Gasteiger partial charge in [-0.05, 0) is 46.2 Å². The van der Waals surface area contributed by atoms with Crippen LogP contribution in [-0.4, -0.2) is 45.5 Å². The Morgan fingerprint density at radius 1 is 1.12 bits per heavy atom. The molecule has 0 aromatic carbocycles. The quantitative estimate of drug-likeness (QED) is 0.276. The maximum atomic E-state index is 13.4. The molecular weight excluding hydrogens is 451 g/mol. The fraction of sp³-hybridized carbons (Fsp3) is 0.429. The van der Waals surface area contributed by atoms with Crippen molar-refractivity contribution in [2.75, 3.05) is 12.0 Å². The maximum absolute atomic E-state index is 13.4. The van der Waals surface area contributed by atoms with E-state index < -0.39 is 54.2 Å². The van der Waals surface area contributed by atoms with E-state index in [1.54, 1.807) is 5.32 Å². The minimum absolute atomic E-state index is 0.0183. The second kappa shape index (κ2) is 9.28. The smallest absolute Gasteiger partial charge is 0.338 e. The fourth-order valence-corrected chi connectivity index (χ4v) is 3.23. The summed E-state index contributed by atoms with van der Waals surface area (Å²) in [5.74, 6) is -4.38. The first-order valence-electron chi connectivity index (χ1n) is 9.75. The van der Waals surface area contributed by atoms with Crippen molar-refractivity contribution < 1.29 is 36.3 Å². The Bertz CT molecular complexity index is 1110. The molecule has 2 rings (SSSR count). The zero-order valence-corrected chi connectivity index (χ0v) is 18.6. The lowest BCUT2D eigenvalue weighted by molar-refractivity contribution is -0.187. The molecule has 0 aliphatic carbocycles. The molecule has 0 unspecified atom stereocenters. The first-order chi connectivity index (χ1) is 15.1. The number of aryl methyl sites for hydroxylation is 1. The number of nitrogens with one attached hydrogen (secondary N) is 2. The predicted octanol–water partition coefficient (Wildman–Crippen LogP) is 3.81. The Hall–Kier alpha value is -3.31. The van der Waals surface area contributed by atoms with Crippen LogP contribution in [0, 0.1) is 26.7 Å². The Labute approximate surface area is 186 Å². The summed E-state index contributed by atoms with van der Waals surface area (Å²) in [4.78, 5) is 41.5. The van der Waals surface area contributed by atoms with Crippen molar-refractivity contribution in [3.8, 4) is 0 Å². The highest BCUT2D eigenvalue weighted by Crippen LogP contribution is 2.30. The number of alkyl halides is 4. The predicted molar refractivity (Wildman–Crippen MR) is 109 cm³/mol. The van der Waals surface area contributed by atoms with Crippen molar-refractivity contribution in [1.82, 2.24) is 14.9 Å². The average Bonchev–Trinajstić information content (AvgIpc) is 2.93. The van der Waals surface area contributed by atoms with Gasteiger partial charge in [0.1, 0.15) is 12.2 Å². The van der Waals surface area contributed by atoms with Gasteiger partial charge in [0.25, 0.3) is 17.6 Å². The van der Waals surface area contributed by atoms with Crippen molar-refractivity contribution in [3.63, 3.8) is 0 Å². The van der Waals surface area contributed by atoms with Crippen LogP contribution in [0.4, 0.5) is 27.6 Å². The molecule has 2 heterocycles. The number of halogens is 5. The third-order valence-corrected chi connectivity index (χ3v) is 5.13. The van der Waals surface area contributed by atoms with Gasteiger partial charge in [-0.15, -0.1) is 0 Å². The van der Waals surface area contributed by atoms with E-state index in [1.807, 2.05) is 0 Å². The molecule has 0 aliphatic rings. The number of carbonyl (C=O) groups excluding carboxylic acids is 3. The molecule has 2 N–H and O–H groups in total. The lowest BCUT2D eigenvalue weighted by Crippen LogP contribution is -2.56. The van der Waals surface area contributed by atoms with Crippen LogP contribution in [0.1, 0.15) is 51.5 Å². The minimum atomic E-state index is -4.83. The summed E-state index contributed by atoms with van der Waals surface area (Å²) in [6.45, 7) is 4.16. The summed E-state index contributed by atoms with van der Waals surface area (Å²) >= 11 is 0. The van der Waals surface area contributed by atoms with E-state index in [9.17, 15) is 36.3 Å². The van der Waals surface area contributed by atoms with Gasteiger partial charge in [-0.3, -0.25) is 14.4 Å². The molecule has 180 valence electrons. The Morgan fingerprint density at radius 2 is 1.73 bits per heavy atom. The van der Waals surface area contributed by atoms with Gasteiger partial charge in [-0.1, -0.05) is 0 Å².